The first-order chi connectivity index (χ1) is 13.0. The molecule has 3 aromatic rings. The minimum absolute atomic E-state index is 0.418. The van der Waals surface area contributed by atoms with Crippen LogP contribution in [0.4, 0.5) is 0 Å². The summed E-state index contributed by atoms with van der Waals surface area (Å²) in [7, 11) is 0. The van der Waals surface area contributed by atoms with Gasteiger partial charge in [0.1, 0.15) is 5.82 Å². The molecule has 3 nitrogen and oxygen atoms in total. The third-order valence-corrected chi connectivity index (χ3v) is 6.14. The maximum absolute atomic E-state index is 6.08. The van der Waals surface area contributed by atoms with Crippen LogP contribution in [0.25, 0.3) is 11.0 Å². The number of nitrogens with zero attached hydrogens (tertiary/aromatic N) is 2. The zero-order valence-electron chi connectivity index (χ0n) is 16.4. The molecule has 1 N–H and O–H groups in total. The average Bonchev–Trinajstić information content (AvgIpc) is 3.26. The second kappa shape index (κ2) is 7.65. The molecular formula is C23H28ClN3. The molecule has 0 bridgehead atoms. The van der Waals surface area contributed by atoms with E-state index in [1.807, 2.05) is 12.1 Å². The monoisotopic (exact) mass is 381 g/mol. The molecule has 2 aromatic carbocycles. The average molecular weight is 382 g/mol. The molecule has 27 heavy (non-hydrogen) atoms. The smallest absolute Gasteiger partial charge is 0.113 e. The Bertz CT molecular complexity index is 936. The molecule has 0 spiro atoms. The van der Waals surface area contributed by atoms with Gasteiger partial charge in [-0.2, -0.15) is 0 Å². The summed E-state index contributed by atoms with van der Waals surface area (Å²) in [5, 5.41) is 4.41. The maximum Gasteiger partial charge on any atom is 0.113 e. The lowest BCUT2D eigenvalue weighted by Gasteiger charge is -2.18. The first kappa shape index (κ1) is 18.5. The van der Waals surface area contributed by atoms with Gasteiger partial charge in [0, 0.05) is 23.5 Å². The van der Waals surface area contributed by atoms with Crippen LogP contribution in [0.5, 0.6) is 0 Å². The van der Waals surface area contributed by atoms with Crippen LogP contribution < -0.4 is 5.32 Å². The van der Waals surface area contributed by atoms with Gasteiger partial charge in [0.15, 0.2) is 0 Å². The summed E-state index contributed by atoms with van der Waals surface area (Å²) < 4.78 is 2.41. The number of nitrogens with one attached hydrogen (secondary N) is 1. The SMILES string of the molecule is Cc1cc2nc(C(C)CC3CCCN3)n(Cc3ccc(Cl)cc3)c2cc1C. The van der Waals surface area contributed by atoms with E-state index in [4.69, 9.17) is 16.6 Å². The van der Waals surface area contributed by atoms with Gasteiger partial charge in [-0.05, 0) is 80.6 Å². The molecule has 142 valence electrons. The van der Waals surface area contributed by atoms with Gasteiger partial charge in [-0.25, -0.2) is 4.98 Å². The molecular weight excluding hydrogens is 354 g/mol. The first-order valence-electron chi connectivity index (χ1n) is 9.96. The number of halogens is 1. The molecule has 2 unspecified atom stereocenters. The highest BCUT2D eigenvalue weighted by Gasteiger charge is 2.23. The van der Waals surface area contributed by atoms with Gasteiger partial charge < -0.3 is 9.88 Å². The van der Waals surface area contributed by atoms with Gasteiger partial charge >= 0.3 is 0 Å². The van der Waals surface area contributed by atoms with Gasteiger partial charge in [0.25, 0.3) is 0 Å². The van der Waals surface area contributed by atoms with E-state index in [0.717, 1.165) is 30.0 Å². The Labute approximate surface area is 166 Å². The summed E-state index contributed by atoms with van der Waals surface area (Å²) in [4.78, 5) is 5.08. The number of aryl methyl sites for hydroxylation is 2. The Morgan fingerprint density at radius 2 is 1.93 bits per heavy atom. The minimum Gasteiger partial charge on any atom is -0.323 e. The van der Waals surface area contributed by atoms with Gasteiger partial charge in [-0.3, -0.25) is 0 Å². The Balaban J connectivity index is 1.74. The molecule has 1 saturated heterocycles. The largest absolute Gasteiger partial charge is 0.323 e. The van der Waals surface area contributed by atoms with Gasteiger partial charge in [-0.1, -0.05) is 30.7 Å². The first-order valence-corrected chi connectivity index (χ1v) is 10.3. The Kier molecular flexibility index (Phi) is 5.25. The fourth-order valence-corrected chi connectivity index (χ4v) is 4.33. The molecule has 2 atom stereocenters. The standard InChI is InChI=1S/C23H28ClN3/c1-15-12-21-22(13-16(15)2)27(14-18-6-8-19(24)9-7-18)23(26-21)17(3)11-20-5-4-10-25-20/h6-9,12-13,17,20,25H,4-5,10-11,14H2,1-3H3. The van der Waals surface area contributed by atoms with E-state index in [1.54, 1.807) is 0 Å². The Hall–Kier alpha value is -1.84. The molecule has 1 aliphatic heterocycles. The number of imidazole rings is 1. The number of rotatable bonds is 5. The van der Waals surface area contributed by atoms with Crippen molar-refractivity contribution in [3.8, 4) is 0 Å². The van der Waals surface area contributed by atoms with Crippen LogP contribution in [-0.4, -0.2) is 22.1 Å². The third-order valence-electron chi connectivity index (χ3n) is 5.89. The van der Waals surface area contributed by atoms with Gasteiger partial charge in [-0.15, -0.1) is 0 Å². The lowest BCUT2D eigenvalue weighted by atomic mass is 9.99. The molecule has 0 aliphatic carbocycles. The summed E-state index contributed by atoms with van der Waals surface area (Å²) in [5.74, 6) is 1.61. The highest BCUT2D eigenvalue weighted by Crippen LogP contribution is 2.29. The van der Waals surface area contributed by atoms with Crippen molar-refractivity contribution in [3.63, 3.8) is 0 Å². The highest BCUT2D eigenvalue weighted by molar-refractivity contribution is 6.30. The van der Waals surface area contributed by atoms with E-state index >= 15 is 0 Å². The number of hydrogen-bond acceptors (Lipinski definition) is 2. The van der Waals surface area contributed by atoms with Crippen LogP contribution in [0.15, 0.2) is 36.4 Å². The summed E-state index contributed by atoms with van der Waals surface area (Å²) >= 11 is 6.08. The van der Waals surface area contributed by atoms with E-state index in [0.29, 0.717) is 12.0 Å². The predicted molar refractivity (Wildman–Crippen MR) is 114 cm³/mol. The van der Waals surface area contributed by atoms with Crippen molar-refractivity contribution in [1.82, 2.24) is 14.9 Å². The highest BCUT2D eigenvalue weighted by atomic mass is 35.5. The topological polar surface area (TPSA) is 29.9 Å². The molecule has 1 fully saturated rings. The lowest BCUT2D eigenvalue weighted by Crippen LogP contribution is -2.24. The van der Waals surface area contributed by atoms with Crippen molar-refractivity contribution < 1.29 is 0 Å². The van der Waals surface area contributed by atoms with Crippen molar-refractivity contribution in [1.29, 1.82) is 0 Å². The number of fused-ring (bicyclic) bond motifs is 1. The quantitative estimate of drug-likeness (QED) is 0.623. The number of aromatic nitrogens is 2. The van der Waals surface area contributed by atoms with Crippen molar-refractivity contribution >= 4 is 22.6 Å². The van der Waals surface area contributed by atoms with E-state index in [1.165, 1.54) is 40.9 Å². The van der Waals surface area contributed by atoms with Crippen molar-refractivity contribution in [2.75, 3.05) is 6.54 Å². The third kappa shape index (κ3) is 3.90. The molecule has 1 aromatic heterocycles. The van der Waals surface area contributed by atoms with Crippen molar-refractivity contribution in [2.24, 2.45) is 0 Å². The molecule has 4 rings (SSSR count). The second-order valence-electron chi connectivity index (χ2n) is 8.04. The Morgan fingerprint density at radius 1 is 1.19 bits per heavy atom. The van der Waals surface area contributed by atoms with Crippen molar-refractivity contribution in [3.05, 3.63) is 63.9 Å². The van der Waals surface area contributed by atoms with Crippen LogP contribution in [-0.2, 0) is 6.54 Å². The summed E-state index contributed by atoms with van der Waals surface area (Å²) in [6.07, 6.45) is 3.71. The number of benzene rings is 2. The normalized spacial score (nSPS) is 18.3. The lowest BCUT2D eigenvalue weighted by molar-refractivity contribution is 0.487. The fourth-order valence-electron chi connectivity index (χ4n) is 4.20. The Morgan fingerprint density at radius 3 is 2.63 bits per heavy atom. The van der Waals surface area contributed by atoms with E-state index in [-0.39, 0.29) is 0 Å². The predicted octanol–water partition coefficient (Wildman–Crippen LogP) is 5.60. The van der Waals surface area contributed by atoms with Crippen LogP contribution in [0, 0.1) is 13.8 Å². The number of hydrogen-bond donors (Lipinski definition) is 1. The van der Waals surface area contributed by atoms with E-state index < -0.39 is 0 Å². The maximum atomic E-state index is 6.08. The molecule has 0 radical (unpaired) electrons. The molecule has 2 heterocycles. The molecule has 0 amide bonds. The zero-order valence-corrected chi connectivity index (χ0v) is 17.2. The van der Waals surface area contributed by atoms with Crippen LogP contribution in [0.3, 0.4) is 0 Å². The van der Waals surface area contributed by atoms with Gasteiger partial charge in [0.05, 0.1) is 11.0 Å². The summed E-state index contributed by atoms with van der Waals surface area (Å²) in [6.45, 7) is 8.64. The van der Waals surface area contributed by atoms with Crippen LogP contribution >= 0.6 is 11.6 Å². The van der Waals surface area contributed by atoms with E-state index in [2.05, 4.69) is 54.9 Å². The molecule has 1 aliphatic rings. The zero-order chi connectivity index (χ0) is 19.0. The molecule has 0 saturated carbocycles. The van der Waals surface area contributed by atoms with Crippen molar-refractivity contribution in [2.45, 2.75) is 58.5 Å². The summed E-state index contributed by atoms with van der Waals surface area (Å²) in [6, 6.07) is 13.3. The molecule has 4 heteroatoms. The van der Waals surface area contributed by atoms with Gasteiger partial charge in [0.2, 0.25) is 0 Å². The van der Waals surface area contributed by atoms with E-state index in [9.17, 15) is 0 Å². The second-order valence-corrected chi connectivity index (χ2v) is 8.47. The van der Waals surface area contributed by atoms with Crippen LogP contribution in [0.2, 0.25) is 5.02 Å². The van der Waals surface area contributed by atoms with Crippen LogP contribution in [0.1, 0.15) is 54.6 Å². The summed E-state index contributed by atoms with van der Waals surface area (Å²) in [5.41, 5.74) is 6.21. The fraction of sp³-hybridized carbons (Fsp3) is 0.435. The minimum atomic E-state index is 0.418.